The van der Waals surface area contributed by atoms with Crippen molar-refractivity contribution in [1.82, 2.24) is 0 Å². The van der Waals surface area contributed by atoms with Gasteiger partial charge >= 0.3 is 0 Å². The number of hydrogen-bond acceptors (Lipinski definition) is 1. The highest BCUT2D eigenvalue weighted by Gasteiger charge is 2.23. The molecule has 12 heavy (non-hydrogen) atoms. The Labute approximate surface area is 76.2 Å². The maximum absolute atomic E-state index is 9.50. The highest BCUT2D eigenvalue weighted by Crippen LogP contribution is 2.24. The van der Waals surface area contributed by atoms with Crippen molar-refractivity contribution in [3.8, 4) is 11.5 Å². The van der Waals surface area contributed by atoms with Crippen molar-refractivity contribution in [1.29, 1.82) is 0 Å². The van der Waals surface area contributed by atoms with Crippen LogP contribution < -0.4 is 0 Å². The van der Waals surface area contributed by atoms with Crippen LogP contribution in [0.5, 0.6) is 0 Å². The third-order valence-corrected chi connectivity index (χ3v) is 3.01. The molecule has 0 radical (unpaired) electrons. The molecule has 1 fully saturated rings. The lowest BCUT2D eigenvalue weighted by Crippen LogP contribution is -2.18. The van der Waals surface area contributed by atoms with Crippen molar-refractivity contribution in [2.24, 2.45) is 5.92 Å². The van der Waals surface area contributed by atoms with Crippen LogP contribution in [0.4, 0.5) is 0 Å². The van der Waals surface area contributed by atoms with E-state index in [9.17, 15) is 5.11 Å². The summed E-state index contributed by atoms with van der Waals surface area (Å²) in [6.07, 6.45) is 3.05. The van der Waals surface area contributed by atoms with Gasteiger partial charge in [0.1, 0.15) is 8.07 Å². The average molecular weight is 182 g/mol. The van der Waals surface area contributed by atoms with E-state index in [1.165, 1.54) is 0 Å². The fourth-order valence-electron chi connectivity index (χ4n) is 1.42. The third-order valence-electron chi connectivity index (χ3n) is 2.11. The van der Waals surface area contributed by atoms with Crippen LogP contribution >= 0.6 is 0 Å². The summed E-state index contributed by atoms with van der Waals surface area (Å²) >= 11 is 0. The van der Waals surface area contributed by atoms with E-state index in [1.54, 1.807) is 0 Å². The summed E-state index contributed by atoms with van der Waals surface area (Å²) in [5, 5.41) is 9.50. The lowest BCUT2D eigenvalue weighted by molar-refractivity contribution is 0.157. The molecule has 1 N–H and O–H groups in total. The fraction of sp³-hybridized carbons (Fsp3) is 0.800. The largest absolute Gasteiger partial charge is 0.392 e. The van der Waals surface area contributed by atoms with E-state index in [4.69, 9.17) is 0 Å². The smallest absolute Gasteiger partial charge is 0.129 e. The summed E-state index contributed by atoms with van der Waals surface area (Å²) in [5.41, 5.74) is 3.32. The number of aliphatic hydroxyl groups is 1. The zero-order valence-corrected chi connectivity index (χ0v) is 9.22. The first kappa shape index (κ1) is 9.82. The van der Waals surface area contributed by atoms with E-state index < -0.39 is 8.07 Å². The van der Waals surface area contributed by atoms with E-state index in [-0.39, 0.29) is 12.0 Å². The van der Waals surface area contributed by atoms with Gasteiger partial charge in [0.2, 0.25) is 0 Å². The van der Waals surface area contributed by atoms with E-state index in [2.05, 4.69) is 31.1 Å². The van der Waals surface area contributed by atoms with E-state index in [1.807, 2.05) is 0 Å². The van der Waals surface area contributed by atoms with Gasteiger partial charge in [-0.2, -0.15) is 0 Å². The minimum atomic E-state index is -1.23. The number of hydrogen-bond donors (Lipinski definition) is 1. The molecule has 2 atom stereocenters. The third kappa shape index (κ3) is 3.00. The minimum absolute atomic E-state index is 0.145. The Morgan fingerprint density at radius 2 is 1.92 bits per heavy atom. The van der Waals surface area contributed by atoms with Crippen molar-refractivity contribution in [3.63, 3.8) is 0 Å². The molecule has 0 bridgehead atoms. The Bertz CT molecular complexity index is 206. The van der Waals surface area contributed by atoms with Gasteiger partial charge in [0.15, 0.2) is 0 Å². The van der Waals surface area contributed by atoms with Gasteiger partial charge < -0.3 is 5.11 Å². The Kier molecular flexibility index (Phi) is 2.97. The van der Waals surface area contributed by atoms with Crippen LogP contribution in [0.25, 0.3) is 0 Å². The zero-order chi connectivity index (χ0) is 9.19. The van der Waals surface area contributed by atoms with Crippen molar-refractivity contribution in [2.75, 3.05) is 0 Å². The van der Waals surface area contributed by atoms with Gasteiger partial charge in [0, 0.05) is 5.92 Å². The summed E-state index contributed by atoms with van der Waals surface area (Å²) in [6.45, 7) is 6.71. The molecule has 1 saturated carbocycles. The molecular formula is C10H18OSi. The molecule has 1 aliphatic rings. The molecule has 1 nitrogen and oxygen atoms in total. The van der Waals surface area contributed by atoms with Crippen molar-refractivity contribution >= 4 is 8.07 Å². The van der Waals surface area contributed by atoms with Gasteiger partial charge in [0.25, 0.3) is 0 Å². The predicted molar refractivity (Wildman–Crippen MR) is 54.5 cm³/mol. The zero-order valence-electron chi connectivity index (χ0n) is 8.22. The molecule has 0 unspecified atom stereocenters. The Hall–Kier alpha value is -0.263. The molecule has 0 aromatic carbocycles. The van der Waals surface area contributed by atoms with Crippen LogP contribution in [0.3, 0.4) is 0 Å². The molecule has 68 valence electrons. The topological polar surface area (TPSA) is 20.2 Å². The molecular weight excluding hydrogens is 164 g/mol. The quantitative estimate of drug-likeness (QED) is 0.449. The van der Waals surface area contributed by atoms with Crippen molar-refractivity contribution in [2.45, 2.75) is 45.0 Å². The molecule has 0 heterocycles. The first-order chi connectivity index (χ1) is 5.49. The van der Waals surface area contributed by atoms with E-state index in [0.717, 1.165) is 19.3 Å². The molecule has 1 rings (SSSR count). The SMILES string of the molecule is C[Si](C)(C)C#C[C@@H]1CCC[C@H]1O. The summed E-state index contributed by atoms with van der Waals surface area (Å²) in [4.78, 5) is 0. The van der Waals surface area contributed by atoms with E-state index in [0.29, 0.717) is 0 Å². The second-order valence-electron chi connectivity index (χ2n) is 4.62. The Morgan fingerprint density at radius 1 is 1.25 bits per heavy atom. The van der Waals surface area contributed by atoms with Crippen molar-refractivity contribution in [3.05, 3.63) is 0 Å². The van der Waals surface area contributed by atoms with Crippen LogP contribution in [-0.4, -0.2) is 19.3 Å². The lowest BCUT2D eigenvalue weighted by Gasteiger charge is -2.08. The van der Waals surface area contributed by atoms with Gasteiger partial charge in [0.05, 0.1) is 6.10 Å². The lowest BCUT2D eigenvalue weighted by atomic mass is 10.1. The number of aliphatic hydroxyl groups excluding tert-OH is 1. The highest BCUT2D eigenvalue weighted by molar-refractivity contribution is 6.83. The average Bonchev–Trinajstić information content (AvgIpc) is 2.29. The highest BCUT2D eigenvalue weighted by atomic mass is 28.3. The Morgan fingerprint density at radius 3 is 2.33 bits per heavy atom. The van der Waals surface area contributed by atoms with Crippen LogP contribution in [0.2, 0.25) is 19.6 Å². The minimum Gasteiger partial charge on any atom is -0.392 e. The maximum Gasteiger partial charge on any atom is 0.129 e. The summed E-state index contributed by atoms with van der Waals surface area (Å²) < 4.78 is 0. The first-order valence-electron chi connectivity index (χ1n) is 4.70. The molecule has 0 spiro atoms. The second-order valence-corrected chi connectivity index (χ2v) is 9.37. The van der Waals surface area contributed by atoms with Crippen LogP contribution in [0.1, 0.15) is 19.3 Å². The molecule has 0 aliphatic heterocycles. The molecule has 0 saturated heterocycles. The molecule has 0 aromatic rings. The fourth-order valence-corrected chi connectivity index (χ4v) is 2.04. The van der Waals surface area contributed by atoms with Gasteiger partial charge in [-0.3, -0.25) is 0 Å². The summed E-state index contributed by atoms with van der Waals surface area (Å²) in [5.74, 6) is 3.51. The van der Waals surface area contributed by atoms with Crippen LogP contribution in [0.15, 0.2) is 0 Å². The maximum atomic E-state index is 9.50. The Balaban J connectivity index is 2.53. The van der Waals surface area contributed by atoms with Gasteiger partial charge in [-0.25, -0.2) is 0 Å². The molecule has 0 amide bonds. The number of rotatable bonds is 0. The molecule has 1 aliphatic carbocycles. The van der Waals surface area contributed by atoms with Gasteiger partial charge in [-0.15, -0.1) is 11.5 Å². The normalized spacial score (nSPS) is 29.7. The van der Waals surface area contributed by atoms with E-state index >= 15 is 0 Å². The second kappa shape index (κ2) is 3.63. The van der Waals surface area contributed by atoms with Crippen molar-refractivity contribution < 1.29 is 5.11 Å². The van der Waals surface area contributed by atoms with Gasteiger partial charge in [-0.05, 0) is 19.3 Å². The van der Waals surface area contributed by atoms with Crippen LogP contribution in [-0.2, 0) is 0 Å². The standard InChI is InChI=1S/C10H18OSi/c1-12(2,3)8-7-9-5-4-6-10(9)11/h9-11H,4-6H2,1-3H3/t9-,10+/m0/s1. The summed E-state index contributed by atoms with van der Waals surface area (Å²) in [7, 11) is -1.23. The predicted octanol–water partition coefficient (Wildman–Crippen LogP) is 2.03. The van der Waals surface area contributed by atoms with Crippen LogP contribution in [0, 0.1) is 17.4 Å². The monoisotopic (exact) mass is 182 g/mol. The molecule has 2 heteroatoms. The summed E-state index contributed by atoms with van der Waals surface area (Å²) in [6, 6.07) is 0. The molecule has 0 aromatic heterocycles. The first-order valence-corrected chi connectivity index (χ1v) is 8.20. The van der Waals surface area contributed by atoms with Gasteiger partial charge in [-0.1, -0.05) is 19.6 Å².